The minimum atomic E-state index is -0.558. The number of amides is 2. The summed E-state index contributed by atoms with van der Waals surface area (Å²) in [5.41, 5.74) is 0.700. The van der Waals surface area contributed by atoms with Crippen LogP contribution in [0.15, 0.2) is 76.4 Å². The highest BCUT2D eigenvalue weighted by molar-refractivity contribution is 6.02. The predicted molar refractivity (Wildman–Crippen MR) is 108 cm³/mol. The molecule has 2 N–H and O–H groups in total. The highest BCUT2D eigenvalue weighted by Crippen LogP contribution is 2.16. The first-order valence-corrected chi connectivity index (χ1v) is 8.89. The molecule has 0 aliphatic carbocycles. The lowest BCUT2D eigenvalue weighted by molar-refractivity contribution is -0.116. The van der Waals surface area contributed by atoms with Crippen LogP contribution in [0.25, 0.3) is 10.9 Å². The number of nitrogens with zero attached hydrogens (tertiary/aromatic N) is 2. The number of anilines is 2. The maximum Gasteiger partial charge on any atom is 0.291 e. The van der Waals surface area contributed by atoms with Gasteiger partial charge in [0.15, 0.2) is 5.76 Å². The third-order valence-corrected chi connectivity index (χ3v) is 4.25. The first-order chi connectivity index (χ1) is 14.5. The number of rotatable bonds is 5. The number of fused-ring (bicyclic) bond motifs is 1. The van der Waals surface area contributed by atoms with Gasteiger partial charge >= 0.3 is 0 Å². The molecule has 2 heterocycles. The first-order valence-electron chi connectivity index (χ1n) is 8.89. The van der Waals surface area contributed by atoms with E-state index in [9.17, 15) is 18.8 Å². The summed E-state index contributed by atoms with van der Waals surface area (Å²) in [5, 5.41) is 5.40. The van der Waals surface area contributed by atoms with Gasteiger partial charge in [-0.1, -0.05) is 6.07 Å². The summed E-state index contributed by atoms with van der Waals surface area (Å²) in [6, 6.07) is 13.3. The molecule has 0 spiro atoms. The summed E-state index contributed by atoms with van der Waals surface area (Å²) >= 11 is 0. The molecule has 0 bridgehead atoms. The average Bonchev–Trinajstić information content (AvgIpc) is 3.26. The Bertz CT molecular complexity index is 1300. The zero-order valence-electron chi connectivity index (χ0n) is 15.5. The molecule has 0 unspecified atom stereocenters. The number of carbonyl (C=O) groups is 2. The molecule has 4 aromatic rings. The predicted octanol–water partition coefficient (Wildman–Crippen LogP) is 3.02. The van der Waals surface area contributed by atoms with Crippen molar-refractivity contribution in [2.24, 2.45) is 0 Å². The van der Waals surface area contributed by atoms with Crippen molar-refractivity contribution in [3.05, 3.63) is 89.1 Å². The van der Waals surface area contributed by atoms with E-state index in [0.717, 1.165) is 10.6 Å². The molecule has 2 amide bonds. The van der Waals surface area contributed by atoms with Crippen LogP contribution in [0.5, 0.6) is 0 Å². The van der Waals surface area contributed by atoms with Gasteiger partial charge in [0.2, 0.25) is 5.91 Å². The topological polar surface area (TPSA) is 106 Å². The van der Waals surface area contributed by atoms with E-state index in [1.165, 1.54) is 30.8 Å². The van der Waals surface area contributed by atoms with Crippen molar-refractivity contribution < 1.29 is 18.4 Å². The summed E-state index contributed by atoms with van der Waals surface area (Å²) in [5.74, 6) is -1.31. The number of furan rings is 1. The standard InChI is InChI=1S/C21H15FN4O4/c22-13-6-7-17-16(9-13)21(29)26(12-23-17)11-19(27)24-14-3-1-4-15(10-14)25-20(28)18-5-2-8-30-18/h1-10,12H,11H2,(H,24,27)(H,25,28). The third kappa shape index (κ3) is 4.09. The van der Waals surface area contributed by atoms with Gasteiger partial charge in [0.25, 0.3) is 11.5 Å². The van der Waals surface area contributed by atoms with Crippen LogP contribution < -0.4 is 16.2 Å². The maximum absolute atomic E-state index is 13.4. The van der Waals surface area contributed by atoms with Crippen molar-refractivity contribution in [3.8, 4) is 0 Å². The molecule has 0 saturated carbocycles. The van der Waals surface area contributed by atoms with Gasteiger partial charge in [0.1, 0.15) is 12.4 Å². The maximum atomic E-state index is 13.4. The third-order valence-electron chi connectivity index (χ3n) is 4.25. The molecule has 0 fully saturated rings. The van der Waals surface area contributed by atoms with Crippen molar-refractivity contribution in [2.45, 2.75) is 6.54 Å². The number of hydrogen-bond acceptors (Lipinski definition) is 5. The second-order valence-electron chi connectivity index (χ2n) is 6.40. The second-order valence-corrected chi connectivity index (χ2v) is 6.40. The largest absolute Gasteiger partial charge is 0.459 e. The van der Waals surface area contributed by atoms with Gasteiger partial charge in [0.05, 0.1) is 23.5 Å². The van der Waals surface area contributed by atoms with E-state index in [2.05, 4.69) is 15.6 Å². The summed E-state index contributed by atoms with van der Waals surface area (Å²) < 4.78 is 19.6. The summed E-state index contributed by atoms with van der Waals surface area (Å²) in [6.45, 7) is -0.304. The lowest BCUT2D eigenvalue weighted by Gasteiger charge is -2.10. The van der Waals surface area contributed by atoms with Crippen LogP contribution in [-0.4, -0.2) is 21.4 Å². The number of carbonyl (C=O) groups excluding carboxylic acids is 2. The number of halogens is 1. The van der Waals surface area contributed by atoms with Crippen LogP contribution in [0, 0.1) is 5.82 Å². The second kappa shape index (κ2) is 8.00. The number of hydrogen-bond donors (Lipinski definition) is 2. The molecule has 8 nitrogen and oxygen atoms in total. The highest BCUT2D eigenvalue weighted by atomic mass is 19.1. The molecular formula is C21H15FN4O4. The van der Waals surface area contributed by atoms with E-state index in [0.29, 0.717) is 16.9 Å². The van der Waals surface area contributed by atoms with Gasteiger partial charge in [-0.3, -0.25) is 19.0 Å². The fourth-order valence-corrected chi connectivity index (χ4v) is 2.87. The Hall–Kier alpha value is -4.27. The Kier molecular flexibility index (Phi) is 5.08. The quantitative estimate of drug-likeness (QED) is 0.530. The van der Waals surface area contributed by atoms with Crippen LogP contribution in [-0.2, 0) is 11.3 Å². The van der Waals surface area contributed by atoms with Crippen molar-refractivity contribution >= 4 is 34.1 Å². The lowest BCUT2D eigenvalue weighted by Crippen LogP contribution is -2.28. The van der Waals surface area contributed by atoms with Gasteiger partial charge in [0, 0.05) is 11.4 Å². The summed E-state index contributed by atoms with van der Waals surface area (Å²) in [7, 11) is 0. The fourth-order valence-electron chi connectivity index (χ4n) is 2.87. The van der Waals surface area contributed by atoms with Crippen molar-refractivity contribution in [3.63, 3.8) is 0 Å². The van der Waals surface area contributed by atoms with Gasteiger partial charge in [-0.05, 0) is 48.5 Å². The molecule has 0 aliphatic rings. The molecule has 0 atom stereocenters. The van der Waals surface area contributed by atoms with Gasteiger partial charge in [-0.15, -0.1) is 0 Å². The van der Waals surface area contributed by atoms with Crippen LogP contribution in [0.4, 0.5) is 15.8 Å². The molecule has 2 aromatic carbocycles. The molecule has 9 heteroatoms. The minimum absolute atomic E-state index is 0.0907. The Morgan fingerprint density at radius 2 is 1.83 bits per heavy atom. The van der Waals surface area contributed by atoms with E-state index >= 15 is 0 Å². The van der Waals surface area contributed by atoms with E-state index in [1.54, 1.807) is 30.3 Å². The zero-order chi connectivity index (χ0) is 21.1. The molecule has 4 rings (SSSR count). The summed E-state index contributed by atoms with van der Waals surface area (Å²) in [4.78, 5) is 41.0. The smallest absolute Gasteiger partial charge is 0.291 e. The fraction of sp³-hybridized carbons (Fsp3) is 0.0476. The van der Waals surface area contributed by atoms with Gasteiger partial charge in [-0.25, -0.2) is 9.37 Å². The Labute approximate surface area is 169 Å². The van der Waals surface area contributed by atoms with Crippen LogP contribution >= 0.6 is 0 Å². The van der Waals surface area contributed by atoms with Crippen LogP contribution in [0.1, 0.15) is 10.6 Å². The SMILES string of the molecule is O=C(Cn1cnc2ccc(F)cc2c1=O)Nc1cccc(NC(=O)c2ccco2)c1. The van der Waals surface area contributed by atoms with E-state index in [1.807, 2.05) is 0 Å². The van der Waals surface area contributed by atoms with Crippen molar-refractivity contribution in [1.82, 2.24) is 9.55 Å². The van der Waals surface area contributed by atoms with Gasteiger partial charge < -0.3 is 15.1 Å². The van der Waals surface area contributed by atoms with E-state index in [-0.39, 0.29) is 17.7 Å². The number of nitrogens with one attached hydrogen (secondary N) is 2. The Morgan fingerprint density at radius 1 is 1.03 bits per heavy atom. The Morgan fingerprint density at radius 3 is 2.60 bits per heavy atom. The molecule has 0 saturated heterocycles. The molecule has 0 radical (unpaired) electrons. The number of aromatic nitrogens is 2. The molecule has 150 valence electrons. The number of benzene rings is 2. The highest BCUT2D eigenvalue weighted by Gasteiger charge is 2.11. The molecular weight excluding hydrogens is 391 g/mol. The summed E-state index contributed by atoms with van der Waals surface area (Å²) in [6.07, 6.45) is 2.63. The Balaban J connectivity index is 1.47. The van der Waals surface area contributed by atoms with Gasteiger partial charge in [-0.2, -0.15) is 0 Å². The monoisotopic (exact) mass is 406 g/mol. The zero-order valence-corrected chi connectivity index (χ0v) is 15.5. The van der Waals surface area contributed by atoms with Crippen LogP contribution in [0.3, 0.4) is 0 Å². The van der Waals surface area contributed by atoms with Crippen molar-refractivity contribution in [1.29, 1.82) is 0 Å². The van der Waals surface area contributed by atoms with Crippen molar-refractivity contribution in [2.75, 3.05) is 10.6 Å². The molecule has 2 aromatic heterocycles. The lowest BCUT2D eigenvalue weighted by atomic mass is 10.2. The molecule has 0 aliphatic heterocycles. The van der Waals surface area contributed by atoms with E-state index in [4.69, 9.17) is 4.42 Å². The average molecular weight is 406 g/mol. The minimum Gasteiger partial charge on any atom is -0.459 e. The van der Waals surface area contributed by atoms with Crippen LogP contribution in [0.2, 0.25) is 0 Å². The molecule has 30 heavy (non-hydrogen) atoms. The first kappa shape index (κ1) is 19.1. The normalized spacial score (nSPS) is 10.7. The van der Waals surface area contributed by atoms with E-state index < -0.39 is 23.2 Å².